The lowest BCUT2D eigenvalue weighted by molar-refractivity contribution is -0.140. The fourth-order valence-corrected chi connectivity index (χ4v) is 4.39. The van der Waals surface area contributed by atoms with Crippen LogP contribution in [0.25, 0.3) is 22.0 Å². The molecule has 186 valence electrons. The van der Waals surface area contributed by atoms with Gasteiger partial charge in [-0.2, -0.15) is 18.3 Å². The van der Waals surface area contributed by atoms with E-state index < -0.39 is 17.6 Å². The smallest absolute Gasteiger partial charge is 0.419 e. The van der Waals surface area contributed by atoms with E-state index in [9.17, 15) is 17.6 Å². The first-order valence-corrected chi connectivity index (χ1v) is 11.7. The highest BCUT2D eigenvalue weighted by molar-refractivity contribution is 6.35. The molecular formula is C29H19ClF4N2O. The van der Waals surface area contributed by atoms with Gasteiger partial charge < -0.3 is 4.74 Å². The Balaban J connectivity index is 1.52. The average Bonchev–Trinajstić information content (AvgIpc) is 2.88. The quantitative estimate of drug-likeness (QED) is 0.210. The number of hydrogen-bond donors (Lipinski definition) is 0. The largest absolute Gasteiger partial charge is 0.489 e. The molecule has 0 aliphatic rings. The van der Waals surface area contributed by atoms with Gasteiger partial charge in [0.25, 0.3) is 0 Å². The number of halogens is 5. The van der Waals surface area contributed by atoms with E-state index in [4.69, 9.17) is 16.3 Å². The molecule has 8 heteroatoms. The maximum atomic E-state index is 14.5. The van der Waals surface area contributed by atoms with Gasteiger partial charge in [-0.15, -0.1) is 5.10 Å². The van der Waals surface area contributed by atoms with E-state index in [1.54, 1.807) is 24.3 Å². The highest BCUT2D eigenvalue weighted by Gasteiger charge is 2.34. The molecule has 0 saturated heterocycles. The lowest BCUT2D eigenvalue weighted by Gasteiger charge is -2.15. The van der Waals surface area contributed by atoms with Crippen LogP contribution in [0.4, 0.5) is 17.6 Å². The summed E-state index contributed by atoms with van der Waals surface area (Å²) < 4.78 is 59.4. The molecule has 1 heterocycles. The van der Waals surface area contributed by atoms with Crippen LogP contribution in [0, 0.1) is 5.82 Å². The molecule has 0 aliphatic heterocycles. The molecule has 5 rings (SSSR count). The van der Waals surface area contributed by atoms with Crippen molar-refractivity contribution in [1.82, 2.24) is 10.2 Å². The first-order chi connectivity index (χ1) is 17.8. The standard InChI is InChI=1S/C29H19ClF4N2O/c30-24-14-6-12-22-26(25(35-36-28(22)24)15-18-7-2-1-3-8-18)19-9-4-11-21(16-19)37-17-20-10-5-13-23(27(20)31)29(32,33)34/h1-14,16H,15,17H2. The van der Waals surface area contributed by atoms with Gasteiger partial charge in [0.1, 0.15) is 23.7 Å². The molecule has 0 saturated carbocycles. The van der Waals surface area contributed by atoms with Gasteiger partial charge in [0.05, 0.1) is 16.3 Å². The monoisotopic (exact) mass is 522 g/mol. The molecule has 1 aromatic heterocycles. The number of benzene rings is 4. The molecule has 5 aromatic rings. The molecule has 3 nitrogen and oxygen atoms in total. The van der Waals surface area contributed by atoms with Gasteiger partial charge in [-0.25, -0.2) is 4.39 Å². The normalized spacial score (nSPS) is 11.6. The fourth-order valence-electron chi connectivity index (χ4n) is 4.18. The predicted molar refractivity (Wildman–Crippen MR) is 135 cm³/mol. The summed E-state index contributed by atoms with van der Waals surface area (Å²) in [4.78, 5) is 0. The zero-order valence-electron chi connectivity index (χ0n) is 19.3. The SMILES string of the molecule is Fc1c(COc2cccc(-c3c(Cc4ccccc4)nnc4c(Cl)cccc34)c2)cccc1C(F)(F)F. The summed E-state index contributed by atoms with van der Waals surface area (Å²) in [5.41, 5.74) is 2.39. The summed E-state index contributed by atoms with van der Waals surface area (Å²) in [5, 5.41) is 10.1. The summed E-state index contributed by atoms with van der Waals surface area (Å²) in [6.07, 6.45) is -4.27. The minimum Gasteiger partial charge on any atom is -0.489 e. The molecule has 37 heavy (non-hydrogen) atoms. The summed E-state index contributed by atoms with van der Waals surface area (Å²) in [6.45, 7) is -0.364. The topological polar surface area (TPSA) is 35.0 Å². The molecule has 0 atom stereocenters. The van der Waals surface area contributed by atoms with Crippen molar-refractivity contribution in [2.75, 3.05) is 0 Å². The molecule has 4 aromatic carbocycles. The number of hydrogen-bond acceptors (Lipinski definition) is 3. The maximum Gasteiger partial charge on any atom is 0.419 e. The van der Waals surface area contributed by atoms with Crippen LogP contribution in [0.5, 0.6) is 5.75 Å². The second kappa shape index (κ2) is 10.2. The van der Waals surface area contributed by atoms with Gasteiger partial charge in [-0.05, 0) is 35.4 Å². The molecular weight excluding hydrogens is 504 g/mol. The minimum absolute atomic E-state index is 0.187. The lowest BCUT2D eigenvalue weighted by atomic mass is 9.96. The minimum atomic E-state index is -4.79. The Kier molecular flexibility index (Phi) is 6.80. The van der Waals surface area contributed by atoms with Crippen molar-refractivity contribution in [3.8, 4) is 16.9 Å². The Hall–Kier alpha value is -3.97. The summed E-state index contributed by atoms with van der Waals surface area (Å²) in [7, 11) is 0. The van der Waals surface area contributed by atoms with Gasteiger partial charge in [0.15, 0.2) is 0 Å². The van der Waals surface area contributed by atoms with Crippen LogP contribution in [0.15, 0.2) is 91.0 Å². The van der Waals surface area contributed by atoms with Gasteiger partial charge >= 0.3 is 6.18 Å². The third kappa shape index (κ3) is 5.27. The third-order valence-electron chi connectivity index (χ3n) is 5.93. The van der Waals surface area contributed by atoms with Gasteiger partial charge in [0, 0.05) is 22.9 Å². The van der Waals surface area contributed by atoms with Gasteiger partial charge in [-0.1, -0.05) is 78.3 Å². The van der Waals surface area contributed by atoms with Crippen LogP contribution < -0.4 is 4.74 Å². The summed E-state index contributed by atoms with van der Waals surface area (Å²) >= 11 is 6.39. The van der Waals surface area contributed by atoms with Crippen molar-refractivity contribution in [3.63, 3.8) is 0 Å². The van der Waals surface area contributed by atoms with E-state index in [1.165, 1.54) is 6.07 Å². The van der Waals surface area contributed by atoms with Crippen LogP contribution in [-0.2, 0) is 19.2 Å². The van der Waals surface area contributed by atoms with E-state index >= 15 is 0 Å². The Bertz CT molecular complexity index is 1570. The number of nitrogens with zero attached hydrogens (tertiary/aromatic N) is 2. The number of aromatic nitrogens is 2. The molecule has 0 unspecified atom stereocenters. The van der Waals surface area contributed by atoms with Gasteiger partial charge in [0.2, 0.25) is 0 Å². The van der Waals surface area contributed by atoms with Crippen molar-refractivity contribution in [1.29, 1.82) is 0 Å². The molecule has 0 bridgehead atoms. The third-order valence-corrected chi connectivity index (χ3v) is 6.24. The highest BCUT2D eigenvalue weighted by Crippen LogP contribution is 2.36. The zero-order valence-corrected chi connectivity index (χ0v) is 20.0. The average molecular weight is 523 g/mol. The van der Waals surface area contributed by atoms with Crippen molar-refractivity contribution in [2.45, 2.75) is 19.2 Å². The zero-order chi connectivity index (χ0) is 26.0. The maximum absolute atomic E-state index is 14.5. The molecule has 0 spiro atoms. The number of ether oxygens (including phenoxy) is 1. The van der Waals surface area contributed by atoms with Crippen LogP contribution in [-0.4, -0.2) is 10.2 Å². The number of fused-ring (bicyclic) bond motifs is 1. The highest BCUT2D eigenvalue weighted by atomic mass is 35.5. The predicted octanol–water partition coefficient (Wildman–Crippen LogP) is 8.28. The van der Waals surface area contributed by atoms with E-state index in [1.807, 2.05) is 48.5 Å². The molecule has 0 amide bonds. The fraction of sp³-hybridized carbons (Fsp3) is 0.103. The van der Waals surface area contributed by atoms with Crippen molar-refractivity contribution >= 4 is 22.5 Å². The summed E-state index contributed by atoms with van der Waals surface area (Å²) in [5.74, 6) is -0.970. The van der Waals surface area contributed by atoms with Crippen LogP contribution in [0.2, 0.25) is 5.02 Å². The Morgan fingerprint density at radius 2 is 1.57 bits per heavy atom. The van der Waals surface area contributed by atoms with Crippen LogP contribution in [0.1, 0.15) is 22.4 Å². The van der Waals surface area contributed by atoms with Crippen molar-refractivity contribution < 1.29 is 22.3 Å². The van der Waals surface area contributed by atoms with Crippen molar-refractivity contribution in [2.24, 2.45) is 0 Å². The van der Waals surface area contributed by atoms with Crippen LogP contribution >= 0.6 is 11.6 Å². The molecule has 0 N–H and O–H groups in total. The molecule has 0 radical (unpaired) electrons. The molecule has 0 fully saturated rings. The first-order valence-electron chi connectivity index (χ1n) is 11.4. The van der Waals surface area contributed by atoms with E-state index in [0.717, 1.165) is 33.8 Å². The number of alkyl halides is 3. The van der Waals surface area contributed by atoms with E-state index in [2.05, 4.69) is 10.2 Å². The number of rotatable bonds is 6. The Labute approximate surface area is 215 Å². The Morgan fingerprint density at radius 3 is 2.35 bits per heavy atom. The van der Waals surface area contributed by atoms with Crippen molar-refractivity contribution in [3.05, 3.63) is 124 Å². The first kappa shape index (κ1) is 24.7. The van der Waals surface area contributed by atoms with E-state index in [0.29, 0.717) is 28.8 Å². The Morgan fingerprint density at radius 1 is 0.811 bits per heavy atom. The second-order valence-electron chi connectivity index (χ2n) is 8.41. The van der Waals surface area contributed by atoms with E-state index in [-0.39, 0.29) is 12.2 Å². The summed E-state index contributed by atoms with van der Waals surface area (Å²) in [6, 6.07) is 25.5. The molecule has 0 aliphatic carbocycles. The van der Waals surface area contributed by atoms with Gasteiger partial charge in [-0.3, -0.25) is 0 Å². The van der Waals surface area contributed by atoms with Crippen LogP contribution in [0.3, 0.4) is 0 Å². The lowest BCUT2D eigenvalue weighted by Crippen LogP contribution is -2.11. The second-order valence-corrected chi connectivity index (χ2v) is 8.82.